The summed E-state index contributed by atoms with van der Waals surface area (Å²) in [6.45, 7) is 4.19. The molecular weight excluding hydrogens is 349 g/mol. The van der Waals surface area contributed by atoms with Crippen LogP contribution >= 0.6 is 7.29 Å². The van der Waals surface area contributed by atoms with E-state index in [9.17, 15) is 4.57 Å². The van der Waals surface area contributed by atoms with Gasteiger partial charge in [0.2, 0.25) is 7.29 Å². The average molecular weight is 375 g/mol. The molecule has 0 spiro atoms. The molecule has 0 radical (unpaired) electrons. The number of benzene rings is 3. The van der Waals surface area contributed by atoms with E-state index in [1.165, 1.54) is 5.56 Å². The fourth-order valence-corrected chi connectivity index (χ4v) is 5.50. The minimum Gasteiger partial charge on any atom is -0.297 e. The number of aryl methyl sites for hydroxylation is 1. The Labute approximate surface area is 162 Å². The highest BCUT2D eigenvalue weighted by molar-refractivity contribution is 7.76. The van der Waals surface area contributed by atoms with E-state index in [2.05, 4.69) is 55.4 Å². The highest BCUT2D eigenvalue weighted by atomic mass is 31.2. The van der Waals surface area contributed by atoms with Crippen molar-refractivity contribution in [3.63, 3.8) is 0 Å². The van der Waals surface area contributed by atoms with Crippen LogP contribution in [-0.2, 0) is 4.57 Å². The molecule has 1 unspecified atom stereocenters. The van der Waals surface area contributed by atoms with Crippen molar-refractivity contribution in [1.29, 1.82) is 0 Å². The number of rotatable bonds is 7. The van der Waals surface area contributed by atoms with Crippen LogP contribution in [0.25, 0.3) is 6.08 Å². The Morgan fingerprint density at radius 3 is 1.85 bits per heavy atom. The Hall–Kier alpha value is -2.41. The summed E-state index contributed by atoms with van der Waals surface area (Å²) in [7, 11) is -2.93. The van der Waals surface area contributed by atoms with E-state index in [0.717, 1.165) is 22.6 Å². The quantitative estimate of drug-likeness (QED) is 0.567. The molecule has 3 rings (SSSR count). The highest BCUT2D eigenvalue weighted by Crippen LogP contribution is 2.39. The Morgan fingerprint density at radius 2 is 1.37 bits per heavy atom. The maximum absolute atomic E-state index is 14.1. The van der Waals surface area contributed by atoms with Gasteiger partial charge < -0.3 is 0 Å². The van der Waals surface area contributed by atoms with Crippen molar-refractivity contribution in [2.45, 2.75) is 26.3 Å². The number of hydrogen-bond acceptors (Lipinski definition) is 1. The second-order valence-corrected chi connectivity index (χ2v) is 9.20. The lowest BCUT2D eigenvalue weighted by Gasteiger charge is -2.24. The van der Waals surface area contributed by atoms with Crippen molar-refractivity contribution in [1.82, 2.24) is 5.09 Å². The Balaban J connectivity index is 1.91. The van der Waals surface area contributed by atoms with E-state index in [4.69, 9.17) is 0 Å². The molecule has 0 aliphatic carbocycles. The summed E-state index contributed by atoms with van der Waals surface area (Å²) in [6, 6.07) is 27.9. The fraction of sp³-hybridized carbons (Fsp3) is 0.167. The zero-order chi connectivity index (χ0) is 19.1. The van der Waals surface area contributed by atoms with Crippen LogP contribution in [0.4, 0.5) is 0 Å². The molecule has 1 atom stereocenters. The number of nitrogens with one attached hydrogen (secondary N) is 1. The van der Waals surface area contributed by atoms with Gasteiger partial charge in [-0.25, -0.2) is 0 Å². The predicted molar refractivity (Wildman–Crippen MR) is 117 cm³/mol. The van der Waals surface area contributed by atoms with Crippen molar-refractivity contribution < 1.29 is 4.57 Å². The third kappa shape index (κ3) is 4.86. The third-order valence-electron chi connectivity index (χ3n) is 4.63. The van der Waals surface area contributed by atoms with Gasteiger partial charge in [0, 0.05) is 16.7 Å². The van der Waals surface area contributed by atoms with Crippen LogP contribution in [0.2, 0.25) is 0 Å². The van der Waals surface area contributed by atoms with Crippen LogP contribution in [0, 0.1) is 6.92 Å². The lowest BCUT2D eigenvalue weighted by Crippen LogP contribution is -2.33. The van der Waals surface area contributed by atoms with Crippen LogP contribution in [0.5, 0.6) is 0 Å². The Morgan fingerprint density at radius 1 is 0.852 bits per heavy atom. The zero-order valence-electron chi connectivity index (χ0n) is 15.9. The first-order valence-corrected chi connectivity index (χ1v) is 11.1. The molecular formula is C24H26NOP. The molecule has 0 bridgehead atoms. The summed E-state index contributed by atoms with van der Waals surface area (Å²) < 4.78 is 14.1. The van der Waals surface area contributed by atoms with Gasteiger partial charge in [0.15, 0.2) is 0 Å². The smallest absolute Gasteiger partial charge is 0.205 e. The maximum atomic E-state index is 14.1. The van der Waals surface area contributed by atoms with Gasteiger partial charge in [-0.15, -0.1) is 0 Å². The molecule has 0 amide bonds. The monoisotopic (exact) mass is 375 g/mol. The zero-order valence-corrected chi connectivity index (χ0v) is 16.8. The first kappa shape index (κ1) is 19.4. The normalized spacial score (nSPS) is 13.0. The summed E-state index contributed by atoms with van der Waals surface area (Å²) in [5.41, 5.74) is 2.39. The van der Waals surface area contributed by atoms with E-state index in [1.807, 2.05) is 60.7 Å². The van der Waals surface area contributed by atoms with E-state index >= 15 is 0 Å². The largest absolute Gasteiger partial charge is 0.297 e. The molecule has 2 nitrogen and oxygen atoms in total. The molecule has 0 aromatic heterocycles. The van der Waals surface area contributed by atoms with Crippen molar-refractivity contribution in [3.05, 3.63) is 102 Å². The SMILES string of the molecule is CCC(/C=C/c1ccc(C)cc1)NP(=O)(c1ccccc1)c1ccccc1. The van der Waals surface area contributed by atoms with Crippen LogP contribution in [0.1, 0.15) is 24.5 Å². The molecule has 0 fully saturated rings. The first-order valence-electron chi connectivity index (χ1n) is 9.36. The van der Waals surface area contributed by atoms with Gasteiger partial charge in [0.1, 0.15) is 0 Å². The Kier molecular flexibility index (Phi) is 6.45. The minimum absolute atomic E-state index is 0.0116. The summed E-state index contributed by atoms with van der Waals surface area (Å²) >= 11 is 0. The first-order chi connectivity index (χ1) is 13.1. The van der Waals surface area contributed by atoms with Crippen LogP contribution in [0.15, 0.2) is 91.0 Å². The van der Waals surface area contributed by atoms with Crippen LogP contribution in [-0.4, -0.2) is 6.04 Å². The van der Waals surface area contributed by atoms with Crippen molar-refractivity contribution in [2.24, 2.45) is 0 Å². The van der Waals surface area contributed by atoms with E-state index in [0.29, 0.717) is 0 Å². The van der Waals surface area contributed by atoms with Gasteiger partial charge >= 0.3 is 0 Å². The third-order valence-corrected chi connectivity index (χ3v) is 7.37. The average Bonchev–Trinajstić information content (AvgIpc) is 2.73. The molecule has 0 aliphatic heterocycles. The summed E-state index contributed by atoms with van der Waals surface area (Å²) in [4.78, 5) is 0. The molecule has 0 saturated heterocycles. The highest BCUT2D eigenvalue weighted by Gasteiger charge is 2.28. The van der Waals surface area contributed by atoms with Crippen molar-refractivity contribution in [3.8, 4) is 0 Å². The second-order valence-electron chi connectivity index (χ2n) is 6.69. The van der Waals surface area contributed by atoms with Gasteiger partial charge in [-0.05, 0) is 43.2 Å². The summed E-state index contributed by atoms with van der Waals surface area (Å²) in [6.07, 6.45) is 5.07. The molecule has 3 heteroatoms. The second kappa shape index (κ2) is 8.99. The molecule has 0 saturated carbocycles. The molecule has 3 aromatic carbocycles. The maximum Gasteiger partial charge on any atom is 0.205 e. The van der Waals surface area contributed by atoms with Crippen LogP contribution in [0.3, 0.4) is 0 Å². The van der Waals surface area contributed by atoms with E-state index in [1.54, 1.807) is 0 Å². The van der Waals surface area contributed by atoms with E-state index < -0.39 is 7.29 Å². The lowest BCUT2D eigenvalue weighted by atomic mass is 10.1. The molecule has 0 aliphatic rings. The van der Waals surface area contributed by atoms with Gasteiger partial charge in [0.05, 0.1) is 0 Å². The van der Waals surface area contributed by atoms with Crippen molar-refractivity contribution >= 4 is 24.0 Å². The Bertz CT molecular complexity index is 874. The standard InChI is InChI=1S/C24H26NOP/c1-3-22(19-18-21-16-14-20(2)15-17-21)25-27(26,23-10-6-4-7-11-23)24-12-8-5-9-13-24/h4-19,22H,3H2,1-2H3,(H,25,26)/b19-18+. The van der Waals surface area contributed by atoms with Gasteiger partial charge in [-0.3, -0.25) is 9.65 Å². The lowest BCUT2D eigenvalue weighted by molar-refractivity contribution is 0.569. The molecule has 3 aromatic rings. The topological polar surface area (TPSA) is 29.1 Å². The fourth-order valence-electron chi connectivity index (χ4n) is 2.98. The van der Waals surface area contributed by atoms with Gasteiger partial charge in [-0.1, -0.05) is 85.3 Å². The molecule has 138 valence electrons. The van der Waals surface area contributed by atoms with Crippen molar-refractivity contribution in [2.75, 3.05) is 0 Å². The predicted octanol–water partition coefficient (Wildman–Crippen LogP) is 5.31. The molecule has 1 N–H and O–H groups in total. The van der Waals surface area contributed by atoms with E-state index in [-0.39, 0.29) is 6.04 Å². The minimum atomic E-state index is -2.93. The van der Waals surface area contributed by atoms with Gasteiger partial charge in [0.25, 0.3) is 0 Å². The molecule has 27 heavy (non-hydrogen) atoms. The van der Waals surface area contributed by atoms with Gasteiger partial charge in [-0.2, -0.15) is 0 Å². The molecule has 0 heterocycles. The summed E-state index contributed by atoms with van der Waals surface area (Å²) in [5.74, 6) is 0. The summed E-state index contributed by atoms with van der Waals surface area (Å²) in [5, 5.41) is 5.13. The number of hydrogen-bond donors (Lipinski definition) is 1. The van der Waals surface area contributed by atoms with Crippen LogP contribution < -0.4 is 15.7 Å².